The van der Waals surface area contributed by atoms with Crippen molar-refractivity contribution in [2.75, 3.05) is 0 Å². The van der Waals surface area contributed by atoms with Crippen LogP contribution in [0.25, 0.3) is 0 Å². The summed E-state index contributed by atoms with van der Waals surface area (Å²) in [6.45, 7) is 1.95. The van der Waals surface area contributed by atoms with Crippen LogP contribution in [0.2, 0.25) is 0 Å². The van der Waals surface area contributed by atoms with Gasteiger partial charge in [0.05, 0.1) is 18.1 Å². The molecular formula is C10H13NO3. The second-order valence-electron chi connectivity index (χ2n) is 5.28. The van der Waals surface area contributed by atoms with E-state index in [9.17, 15) is 9.90 Å². The van der Waals surface area contributed by atoms with E-state index in [0.717, 1.165) is 6.42 Å². The molecule has 2 saturated heterocycles. The highest BCUT2D eigenvalue weighted by Gasteiger charge is 2.74. The van der Waals surface area contributed by atoms with Gasteiger partial charge < -0.3 is 15.2 Å². The van der Waals surface area contributed by atoms with Gasteiger partial charge in [-0.05, 0) is 25.2 Å². The number of carbonyl (C=O) groups excluding carboxylic acids is 1. The topological polar surface area (TPSA) is 58.6 Å². The van der Waals surface area contributed by atoms with E-state index in [1.165, 1.54) is 0 Å². The third-order valence-corrected chi connectivity index (χ3v) is 4.74. The lowest BCUT2D eigenvalue weighted by molar-refractivity contribution is -0.137. The van der Waals surface area contributed by atoms with E-state index in [0.29, 0.717) is 11.8 Å². The van der Waals surface area contributed by atoms with Crippen molar-refractivity contribution >= 4 is 5.91 Å². The molecule has 76 valence electrons. The van der Waals surface area contributed by atoms with E-state index in [1.54, 1.807) is 0 Å². The van der Waals surface area contributed by atoms with Crippen LogP contribution in [-0.4, -0.2) is 28.9 Å². The fourth-order valence-electron chi connectivity index (χ4n) is 4.40. The SMILES string of the molecule is CC12NC(=O)C3C4CC(C(O1)C4O)C32. The lowest BCUT2D eigenvalue weighted by Crippen LogP contribution is -2.45. The number of nitrogens with one attached hydrogen (secondary N) is 1. The van der Waals surface area contributed by atoms with Gasteiger partial charge in [0.25, 0.3) is 0 Å². The van der Waals surface area contributed by atoms with Gasteiger partial charge in [-0.2, -0.15) is 0 Å². The Kier molecular flexibility index (Phi) is 1.02. The summed E-state index contributed by atoms with van der Waals surface area (Å²) in [6, 6.07) is 0. The number of aliphatic hydroxyl groups is 1. The molecule has 4 nitrogen and oxygen atoms in total. The van der Waals surface area contributed by atoms with Crippen LogP contribution in [-0.2, 0) is 9.53 Å². The van der Waals surface area contributed by atoms with Crippen molar-refractivity contribution in [2.45, 2.75) is 31.3 Å². The summed E-state index contributed by atoms with van der Waals surface area (Å²) in [5.74, 6) is 0.970. The summed E-state index contributed by atoms with van der Waals surface area (Å²) in [5, 5.41) is 12.9. The molecule has 7 unspecified atom stereocenters. The zero-order chi connectivity index (χ0) is 9.66. The fraction of sp³-hybridized carbons (Fsp3) is 0.900. The molecule has 2 N–H and O–H groups in total. The lowest BCUT2D eigenvalue weighted by Gasteiger charge is -2.27. The van der Waals surface area contributed by atoms with Crippen LogP contribution in [0.5, 0.6) is 0 Å². The standard InChI is InChI=1S/C10H13NO3/c1-10-6-4-2-3(5(6)9(13)11-10)7(12)8(4)14-10/h3-8,12H,2H2,1H3,(H,11,13). The molecule has 1 amide bonds. The molecule has 4 aliphatic rings. The predicted molar refractivity (Wildman–Crippen MR) is 46.0 cm³/mol. The van der Waals surface area contributed by atoms with Crippen molar-refractivity contribution in [1.82, 2.24) is 5.32 Å². The Morgan fingerprint density at radius 2 is 2.36 bits per heavy atom. The van der Waals surface area contributed by atoms with Gasteiger partial charge in [0.2, 0.25) is 5.91 Å². The monoisotopic (exact) mass is 195 g/mol. The number of hydrogen-bond acceptors (Lipinski definition) is 3. The van der Waals surface area contributed by atoms with E-state index in [2.05, 4.69) is 5.32 Å². The maximum atomic E-state index is 11.7. The number of rotatable bonds is 0. The van der Waals surface area contributed by atoms with E-state index in [1.807, 2.05) is 6.92 Å². The Morgan fingerprint density at radius 1 is 1.57 bits per heavy atom. The highest BCUT2D eigenvalue weighted by atomic mass is 16.5. The molecule has 0 aromatic carbocycles. The number of fused-ring (bicyclic) bond motifs is 2. The Hall–Kier alpha value is -0.610. The molecule has 0 aromatic rings. The Labute approximate surface area is 81.6 Å². The minimum absolute atomic E-state index is 0.0127. The third kappa shape index (κ3) is 0.547. The Balaban J connectivity index is 1.92. The fourth-order valence-corrected chi connectivity index (χ4v) is 4.40. The molecule has 0 radical (unpaired) electrons. The highest BCUT2D eigenvalue weighted by Crippen LogP contribution is 2.64. The van der Waals surface area contributed by atoms with Crippen molar-refractivity contribution < 1.29 is 14.6 Å². The second kappa shape index (κ2) is 1.86. The first-order valence-corrected chi connectivity index (χ1v) is 5.30. The van der Waals surface area contributed by atoms with Crippen molar-refractivity contribution in [3.8, 4) is 0 Å². The van der Waals surface area contributed by atoms with Crippen LogP contribution < -0.4 is 5.32 Å². The van der Waals surface area contributed by atoms with Crippen molar-refractivity contribution in [3.63, 3.8) is 0 Å². The summed E-state index contributed by atoms with van der Waals surface area (Å²) in [5.41, 5.74) is -0.483. The molecule has 2 heterocycles. The maximum Gasteiger partial charge on any atom is 0.226 e. The number of carbonyl (C=O) groups is 1. The minimum Gasteiger partial charge on any atom is -0.390 e. The molecular weight excluding hydrogens is 182 g/mol. The smallest absolute Gasteiger partial charge is 0.226 e. The lowest BCUT2D eigenvalue weighted by atomic mass is 9.77. The van der Waals surface area contributed by atoms with Gasteiger partial charge in [-0.3, -0.25) is 4.79 Å². The molecule has 4 heteroatoms. The van der Waals surface area contributed by atoms with Crippen molar-refractivity contribution in [1.29, 1.82) is 0 Å². The summed E-state index contributed by atoms with van der Waals surface area (Å²) in [7, 11) is 0. The Morgan fingerprint density at radius 3 is 3.14 bits per heavy atom. The summed E-state index contributed by atoms with van der Waals surface area (Å²) in [6.07, 6.45) is 0.547. The van der Waals surface area contributed by atoms with Crippen LogP contribution in [0.1, 0.15) is 13.3 Å². The van der Waals surface area contributed by atoms with Gasteiger partial charge in [-0.15, -0.1) is 0 Å². The molecule has 14 heavy (non-hydrogen) atoms. The maximum absolute atomic E-state index is 11.7. The van der Waals surface area contributed by atoms with Gasteiger partial charge in [0.15, 0.2) is 0 Å². The van der Waals surface area contributed by atoms with E-state index < -0.39 is 11.8 Å². The first kappa shape index (κ1) is 7.65. The zero-order valence-corrected chi connectivity index (χ0v) is 7.93. The normalized spacial score (nSPS) is 67.7. The first-order valence-electron chi connectivity index (χ1n) is 5.30. The summed E-state index contributed by atoms with van der Waals surface area (Å²) >= 11 is 0. The van der Waals surface area contributed by atoms with Crippen molar-refractivity contribution in [2.24, 2.45) is 23.7 Å². The number of hydrogen-bond donors (Lipinski definition) is 2. The van der Waals surface area contributed by atoms with Crippen LogP contribution >= 0.6 is 0 Å². The Bertz CT molecular complexity index is 344. The largest absolute Gasteiger partial charge is 0.390 e. The van der Waals surface area contributed by atoms with Gasteiger partial charge in [0, 0.05) is 5.92 Å². The van der Waals surface area contributed by atoms with E-state index in [4.69, 9.17) is 4.74 Å². The van der Waals surface area contributed by atoms with Crippen molar-refractivity contribution in [3.05, 3.63) is 0 Å². The van der Waals surface area contributed by atoms with E-state index in [-0.39, 0.29) is 23.8 Å². The van der Waals surface area contributed by atoms with Gasteiger partial charge >= 0.3 is 0 Å². The zero-order valence-electron chi connectivity index (χ0n) is 7.93. The molecule has 4 rings (SSSR count). The quantitative estimate of drug-likeness (QED) is 0.546. The van der Waals surface area contributed by atoms with Crippen LogP contribution in [0.3, 0.4) is 0 Å². The van der Waals surface area contributed by atoms with Crippen LogP contribution in [0, 0.1) is 23.7 Å². The van der Waals surface area contributed by atoms with Gasteiger partial charge in [-0.25, -0.2) is 0 Å². The molecule has 0 spiro atoms. The minimum atomic E-state index is -0.483. The molecule has 2 aliphatic heterocycles. The molecule has 0 aromatic heterocycles. The molecule has 2 aliphatic carbocycles. The molecule has 2 saturated carbocycles. The van der Waals surface area contributed by atoms with Crippen LogP contribution in [0.4, 0.5) is 0 Å². The number of ether oxygens (including phenoxy) is 1. The second-order valence-corrected chi connectivity index (χ2v) is 5.28. The van der Waals surface area contributed by atoms with E-state index >= 15 is 0 Å². The predicted octanol–water partition coefficient (Wildman–Crippen LogP) is -0.526. The molecule has 2 bridgehead atoms. The van der Waals surface area contributed by atoms with Gasteiger partial charge in [0.1, 0.15) is 5.72 Å². The first-order chi connectivity index (χ1) is 6.62. The molecule has 4 fully saturated rings. The average Bonchev–Trinajstić information content (AvgIpc) is 2.72. The number of aliphatic hydroxyl groups excluding tert-OH is 1. The molecule has 7 atom stereocenters. The highest BCUT2D eigenvalue weighted by molar-refractivity contribution is 5.84. The third-order valence-electron chi connectivity index (χ3n) is 4.74. The van der Waals surface area contributed by atoms with Crippen LogP contribution in [0.15, 0.2) is 0 Å². The summed E-state index contributed by atoms with van der Waals surface area (Å²) < 4.78 is 5.82. The number of amides is 1. The van der Waals surface area contributed by atoms with Gasteiger partial charge in [-0.1, -0.05) is 0 Å². The average molecular weight is 195 g/mol. The summed E-state index contributed by atoms with van der Waals surface area (Å²) in [4.78, 5) is 11.7.